The van der Waals surface area contributed by atoms with Crippen molar-refractivity contribution in [2.24, 2.45) is 0 Å². The highest BCUT2D eigenvalue weighted by molar-refractivity contribution is 5.89. The molecular formula is C120H238N9O6+. The van der Waals surface area contributed by atoms with Crippen molar-refractivity contribution in [1.29, 1.82) is 0 Å². The maximum absolute atomic E-state index is 13.0. The van der Waals surface area contributed by atoms with Gasteiger partial charge < -0.3 is 46.6 Å². The summed E-state index contributed by atoms with van der Waals surface area (Å²) in [5.41, 5.74) is 0. The van der Waals surface area contributed by atoms with Crippen LogP contribution in [0.3, 0.4) is 0 Å². The second-order valence-electron chi connectivity index (χ2n) is 42.3. The van der Waals surface area contributed by atoms with Gasteiger partial charge in [-0.1, -0.05) is 483 Å². The SMILES string of the molecule is CCCCCCCC/C=C/CCCCCCCC(=O)NC(CCN(C)C)C(=O)NCCCCCCCCCCCCCCCC.CCCCCCCC/C=C/CCCCCCCC(=O)NC(CCNC)C(=O)NCCCCCCCCCCCCCCCC.CCCCCCCC/C=C/CCCCCCCC(=O)NC(CC[N+](C)(C)C)C(=O)NCCCCCCCCCCCCCCCC. The maximum atomic E-state index is 13.0. The zero-order valence-corrected chi connectivity index (χ0v) is 92.8. The van der Waals surface area contributed by atoms with Crippen LogP contribution in [0.2, 0.25) is 0 Å². The van der Waals surface area contributed by atoms with Gasteiger partial charge in [-0.05, 0) is 163 Å². The molecule has 0 aliphatic rings. The van der Waals surface area contributed by atoms with E-state index in [1.165, 1.54) is 462 Å². The highest BCUT2D eigenvalue weighted by Crippen LogP contribution is 2.21. The minimum Gasteiger partial charge on any atom is -0.354 e. The first kappa shape index (κ1) is 135. The molecule has 0 heterocycles. The van der Waals surface area contributed by atoms with Crippen LogP contribution in [0.5, 0.6) is 0 Å². The van der Waals surface area contributed by atoms with E-state index in [1.54, 1.807) is 0 Å². The molecule has 0 bridgehead atoms. The monoisotopic (exact) mass is 1900 g/mol. The van der Waals surface area contributed by atoms with Crippen molar-refractivity contribution >= 4 is 35.4 Å². The van der Waals surface area contributed by atoms with Gasteiger partial charge in [0.1, 0.15) is 18.1 Å². The Hall–Kier alpha value is -4.08. The van der Waals surface area contributed by atoms with Gasteiger partial charge in [-0.2, -0.15) is 0 Å². The van der Waals surface area contributed by atoms with Crippen molar-refractivity contribution in [1.82, 2.24) is 42.1 Å². The fourth-order valence-corrected chi connectivity index (χ4v) is 17.8. The Bertz CT molecular complexity index is 2540. The summed E-state index contributed by atoms with van der Waals surface area (Å²) in [6, 6.07) is -1.31. The quantitative estimate of drug-likeness (QED) is 0.0178. The lowest BCUT2D eigenvalue weighted by atomic mass is 10.0. The molecule has 15 heteroatoms. The number of hydrogen-bond donors (Lipinski definition) is 7. The van der Waals surface area contributed by atoms with Crippen LogP contribution >= 0.6 is 0 Å². The lowest BCUT2D eigenvalue weighted by Gasteiger charge is -2.27. The van der Waals surface area contributed by atoms with Crippen LogP contribution in [0.1, 0.15) is 600 Å². The summed E-state index contributed by atoms with van der Waals surface area (Å²) in [4.78, 5) is 78.6. The third kappa shape index (κ3) is 113. The van der Waals surface area contributed by atoms with Crippen molar-refractivity contribution in [2.75, 3.05) is 81.6 Å². The topological polar surface area (TPSA) is 190 Å². The minimum absolute atomic E-state index is 0.00961. The van der Waals surface area contributed by atoms with Gasteiger partial charge in [0.2, 0.25) is 35.4 Å². The summed E-state index contributed by atoms with van der Waals surface area (Å²) >= 11 is 0. The second-order valence-corrected chi connectivity index (χ2v) is 42.3. The lowest BCUT2D eigenvalue weighted by Crippen LogP contribution is -2.49. The van der Waals surface area contributed by atoms with E-state index >= 15 is 0 Å². The Morgan fingerprint density at radius 2 is 0.407 bits per heavy atom. The number of allylic oxidation sites excluding steroid dienone is 6. The molecule has 135 heavy (non-hydrogen) atoms. The Kier molecular flexibility index (Phi) is 114. The van der Waals surface area contributed by atoms with Gasteiger partial charge in [0.25, 0.3) is 0 Å². The van der Waals surface area contributed by atoms with Gasteiger partial charge in [0.15, 0.2) is 0 Å². The summed E-state index contributed by atoms with van der Waals surface area (Å²) in [5.74, 6) is -0.0209. The largest absolute Gasteiger partial charge is 0.354 e. The Morgan fingerprint density at radius 3 is 0.600 bits per heavy atom. The molecule has 0 aliphatic heterocycles. The number of nitrogens with one attached hydrogen (secondary N) is 7. The summed E-state index contributed by atoms with van der Waals surface area (Å²) < 4.78 is 0.785. The smallest absolute Gasteiger partial charge is 0.242 e. The Labute approximate surface area is 842 Å². The molecule has 0 aromatic rings. The fourth-order valence-electron chi connectivity index (χ4n) is 17.8. The molecule has 15 nitrogen and oxygen atoms in total. The predicted molar refractivity (Wildman–Crippen MR) is 593 cm³/mol. The number of amides is 6. The van der Waals surface area contributed by atoms with Gasteiger partial charge in [-0.25, -0.2) is 0 Å². The van der Waals surface area contributed by atoms with E-state index in [2.05, 4.69) is 141 Å². The van der Waals surface area contributed by atoms with Crippen LogP contribution < -0.4 is 37.2 Å². The summed E-state index contributed by atoms with van der Waals surface area (Å²) in [6.45, 7) is 18.1. The van der Waals surface area contributed by atoms with Gasteiger partial charge >= 0.3 is 0 Å². The molecule has 0 aromatic carbocycles. The molecule has 0 spiro atoms. The molecular weight excluding hydrogens is 1660 g/mol. The van der Waals surface area contributed by atoms with Crippen molar-refractivity contribution in [2.45, 2.75) is 618 Å². The van der Waals surface area contributed by atoms with Crippen LogP contribution in [0.4, 0.5) is 0 Å². The third-order valence-corrected chi connectivity index (χ3v) is 27.1. The number of unbranched alkanes of at least 4 members (excludes halogenated alkanes) is 72. The van der Waals surface area contributed by atoms with Crippen LogP contribution in [-0.4, -0.2) is 145 Å². The first-order valence-electron chi connectivity index (χ1n) is 59.7. The number of quaternary nitrogens is 1. The van der Waals surface area contributed by atoms with Gasteiger partial charge in [0.05, 0.1) is 27.7 Å². The number of carbonyl (C=O) groups excluding carboxylic acids is 6. The molecule has 0 fully saturated rings. The Balaban J connectivity index is -0.00000194. The zero-order chi connectivity index (χ0) is 99.2. The van der Waals surface area contributed by atoms with E-state index in [0.717, 1.165) is 75.4 Å². The molecule has 3 unspecified atom stereocenters. The summed E-state index contributed by atoms with van der Waals surface area (Å²) in [6.07, 6.45) is 122. The van der Waals surface area contributed by atoms with Crippen LogP contribution in [0.15, 0.2) is 36.5 Å². The molecule has 0 aliphatic carbocycles. The number of hydrogen-bond acceptors (Lipinski definition) is 8. The van der Waals surface area contributed by atoms with Crippen LogP contribution in [0, 0.1) is 0 Å². The molecule has 6 amide bonds. The van der Waals surface area contributed by atoms with Crippen molar-refractivity contribution < 1.29 is 33.3 Å². The highest BCUT2D eigenvalue weighted by atomic mass is 16.2. The number of nitrogens with zero attached hydrogens (tertiary/aromatic N) is 2. The maximum Gasteiger partial charge on any atom is 0.242 e. The number of rotatable bonds is 105. The fraction of sp³-hybridized carbons (Fsp3) is 0.900. The minimum atomic E-state index is -0.440. The summed E-state index contributed by atoms with van der Waals surface area (Å²) in [7, 11) is 12.3. The normalized spacial score (nSPS) is 12.3. The predicted octanol–water partition coefficient (Wildman–Crippen LogP) is 33.0. The second kappa shape index (κ2) is 114. The van der Waals surface area contributed by atoms with E-state index in [0.29, 0.717) is 64.7 Å². The van der Waals surface area contributed by atoms with Crippen molar-refractivity contribution in [3.8, 4) is 0 Å². The Morgan fingerprint density at radius 1 is 0.230 bits per heavy atom. The molecule has 0 radical (unpaired) electrons. The number of carbonyl (C=O) groups is 6. The van der Waals surface area contributed by atoms with Crippen LogP contribution in [-0.2, 0) is 28.8 Å². The molecule has 798 valence electrons. The standard InChI is InChI=1S/C41H81N3O2.C40H79N3O2.C39H77N3O2/c1-6-8-10-12-14-16-18-20-22-23-25-27-29-31-33-35-40(45)43-39(36-38-44(3,4)5)41(46)42-37-34-32-30-28-26-24-21-19-17-15-13-11-9-7-2;1-5-7-9-11-13-15-17-19-21-22-24-26-28-30-32-34-39(44)42-38(35-37-43(3)4)40(45)41-36-33-31-29-27-25-23-20-18-16-14-12-10-8-6-2;1-4-6-8-10-12-14-16-18-20-21-23-25-27-29-31-33-38(43)42-37(34-36-40-3)39(44)41-35-32-30-28-26-24-22-19-17-15-13-11-9-7-5-2/h20,22,39H,6-19,21,23-38H2,1-5H3,(H-,42,43,45,46);19,21,38H,5-18,20,22-37H2,1-4H3,(H,41,45)(H,42,44);18,20,37,40H,4-17,19,21-36H2,1-3H3,(H,41,44)(H,42,43)/p+1/b22-20+;21-19+;20-18+. The van der Waals surface area contributed by atoms with E-state index in [1.807, 2.05) is 21.1 Å². The zero-order valence-electron chi connectivity index (χ0n) is 92.8. The average Bonchev–Trinajstić information content (AvgIpc) is 0.912. The first-order valence-corrected chi connectivity index (χ1v) is 59.7. The lowest BCUT2D eigenvalue weighted by molar-refractivity contribution is -0.870. The first-order chi connectivity index (χ1) is 66.0. The van der Waals surface area contributed by atoms with Crippen LogP contribution in [0.25, 0.3) is 0 Å². The molecule has 0 saturated carbocycles. The molecule has 0 saturated heterocycles. The molecule has 7 N–H and O–H groups in total. The van der Waals surface area contributed by atoms with E-state index in [-0.39, 0.29) is 35.4 Å². The van der Waals surface area contributed by atoms with E-state index < -0.39 is 18.1 Å². The molecule has 0 rings (SSSR count). The van der Waals surface area contributed by atoms with E-state index in [4.69, 9.17) is 0 Å². The average molecular weight is 1900 g/mol. The highest BCUT2D eigenvalue weighted by Gasteiger charge is 2.25. The van der Waals surface area contributed by atoms with Gasteiger partial charge in [0, 0.05) is 45.3 Å². The molecule has 3 atom stereocenters. The van der Waals surface area contributed by atoms with Gasteiger partial charge in [-0.3, -0.25) is 28.8 Å². The summed E-state index contributed by atoms with van der Waals surface area (Å²) in [5, 5.41) is 21.5. The van der Waals surface area contributed by atoms with Gasteiger partial charge in [-0.15, -0.1) is 0 Å². The third-order valence-electron chi connectivity index (χ3n) is 27.1. The van der Waals surface area contributed by atoms with Crippen molar-refractivity contribution in [3.63, 3.8) is 0 Å². The van der Waals surface area contributed by atoms with Crippen molar-refractivity contribution in [3.05, 3.63) is 36.5 Å². The van der Waals surface area contributed by atoms with E-state index in [9.17, 15) is 28.8 Å². The molecule has 0 aromatic heterocycles.